The van der Waals surface area contributed by atoms with Crippen LogP contribution in [0.2, 0.25) is 0 Å². The first-order chi connectivity index (χ1) is 4.50. The number of amidine groups is 1. The van der Waals surface area contributed by atoms with E-state index in [-0.39, 0.29) is 0 Å². The van der Waals surface area contributed by atoms with E-state index in [9.17, 15) is 5.11 Å². The van der Waals surface area contributed by atoms with Crippen molar-refractivity contribution in [2.75, 3.05) is 0 Å². The molecule has 0 aromatic carbocycles. The van der Waals surface area contributed by atoms with Gasteiger partial charge in [-0.15, -0.1) is 0 Å². The van der Waals surface area contributed by atoms with Crippen LogP contribution in [-0.4, -0.2) is 23.7 Å². The summed E-state index contributed by atoms with van der Waals surface area (Å²) >= 11 is 0. The van der Waals surface area contributed by atoms with Gasteiger partial charge in [-0.1, -0.05) is 0 Å². The molecule has 4 heteroatoms. The smallest absolute Gasteiger partial charge is 0.237 e. The highest BCUT2D eigenvalue weighted by Crippen LogP contribution is 2.16. The van der Waals surface area contributed by atoms with Crippen LogP contribution in [0.25, 0.3) is 0 Å². The molecular weight excluding hydrogens is 127 g/mol. The number of nitrogens with two attached hydrogens (primary N) is 1. The van der Waals surface area contributed by atoms with Crippen LogP contribution in [0.15, 0.2) is 16.7 Å². The van der Waals surface area contributed by atoms with Gasteiger partial charge in [0, 0.05) is 6.20 Å². The summed E-state index contributed by atoms with van der Waals surface area (Å²) in [5.74, 6) is 0. The molecule has 1 rings (SSSR count). The van der Waals surface area contributed by atoms with E-state index >= 15 is 0 Å². The van der Waals surface area contributed by atoms with Crippen molar-refractivity contribution in [3.8, 4) is 0 Å². The lowest BCUT2D eigenvalue weighted by atomic mass is 9.64. The molecule has 0 bridgehead atoms. The fourth-order valence-electron chi connectivity index (χ4n) is 0.822. The number of aliphatic imine (C=N–C) groups is 1. The van der Waals surface area contributed by atoms with Crippen molar-refractivity contribution in [1.29, 1.82) is 0 Å². The van der Waals surface area contributed by atoms with E-state index in [1.807, 2.05) is 0 Å². The minimum absolute atomic E-state index is 0.581. The van der Waals surface area contributed by atoms with Gasteiger partial charge >= 0.3 is 0 Å². The first-order valence-corrected chi connectivity index (χ1v) is 3.24. The molecule has 0 radical (unpaired) electrons. The summed E-state index contributed by atoms with van der Waals surface area (Å²) in [7, 11) is 0.601. The summed E-state index contributed by atoms with van der Waals surface area (Å²) < 4.78 is 0. The van der Waals surface area contributed by atoms with E-state index in [0.29, 0.717) is 13.0 Å². The average Bonchev–Trinajstić information content (AvgIpc) is 2.11. The second kappa shape index (κ2) is 2.13. The number of rotatable bonds is 1. The standard InChI is InChI=1S/C6H11BN2O/c1-6(2,10)4-3-9-5(8)7-4/h3,7,10H,1-2H3,(H2,8,9). The van der Waals surface area contributed by atoms with Gasteiger partial charge in [0.05, 0.1) is 11.3 Å². The van der Waals surface area contributed by atoms with Crippen molar-refractivity contribution >= 4 is 13.0 Å². The summed E-state index contributed by atoms with van der Waals surface area (Å²) in [6.07, 6.45) is 1.63. The lowest BCUT2D eigenvalue weighted by molar-refractivity contribution is 0.128. The second-order valence-corrected chi connectivity index (χ2v) is 3.01. The van der Waals surface area contributed by atoms with Crippen molar-refractivity contribution in [3.05, 3.63) is 11.7 Å². The van der Waals surface area contributed by atoms with Crippen LogP contribution < -0.4 is 5.73 Å². The largest absolute Gasteiger partial charge is 0.395 e. The lowest BCUT2D eigenvalue weighted by Gasteiger charge is -2.17. The molecule has 0 unspecified atom stereocenters. The minimum atomic E-state index is -0.773. The van der Waals surface area contributed by atoms with Crippen molar-refractivity contribution in [2.24, 2.45) is 10.7 Å². The van der Waals surface area contributed by atoms with Crippen molar-refractivity contribution in [3.63, 3.8) is 0 Å². The van der Waals surface area contributed by atoms with Gasteiger partial charge in [0.25, 0.3) is 0 Å². The molecular formula is C6H11BN2O. The normalized spacial score (nSPS) is 17.9. The molecule has 0 aliphatic carbocycles. The van der Waals surface area contributed by atoms with Crippen molar-refractivity contribution < 1.29 is 5.11 Å². The molecule has 0 atom stereocenters. The molecule has 1 heterocycles. The van der Waals surface area contributed by atoms with Crippen molar-refractivity contribution in [1.82, 2.24) is 0 Å². The fourth-order valence-corrected chi connectivity index (χ4v) is 0.822. The monoisotopic (exact) mass is 138 g/mol. The molecule has 0 saturated carbocycles. The molecule has 1 aliphatic rings. The maximum atomic E-state index is 9.44. The summed E-state index contributed by atoms with van der Waals surface area (Å²) in [6.45, 7) is 3.46. The third-order valence-electron chi connectivity index (χ3n) is 1.54. The van der Waals surface area contributed by atoms with E-state index in [4.69, 9.17) is 5.73 Å². The Labute approximate surface area is 60.9 Å². The summed E-state index contributed by atoms with van der Waals surface area (Å²) in [5, 5.41) is 9.44. The molecule has 0 spiro atoms. The number of aliphatic hydroxyl groups is 1. The molecule has 1 aliphatic heterocycles. The summed E-state index contributed by atoms with van der Waals surface area (Å²) in [4.78, 5) is 3.86. The molecule has 0 saturated heterocycles. The Morgan fingerprint density at radius 2 is 2.30 bits per heavy atom. The SMILES string of the molecule is CC(C)(O)C1=CN=C(N)B1. The predicted molar refractivity (Wildman–Crippen MR) is 43.2 cm³/mol. The van der Waals surface area contributed by atoms with Gasteiger partial charge < -0.3 is 10.8 Å². The van der Waals surface area contributed by atoms with Crippen LogP contribution in [0.5, 0.6) is 0 Å². The van der Waals surface area contributed by atoms with E-state index < -0.39 is 5.60 Å². The Balaban J connectivity index is 2.66. The maximum absolute atomic E-state index is 9.44. The number of hydrogen-bond acceptors (Lipinski definition) is 3. The third kappa shape index (κ3) is 1.39. The lowest BCUT2D eigenvalue weighted by Crippen LogP contribution is -2.29. The Morgan fingerprint density at radius 3 is 2.50 bits per heavy atom. The zero-order valence-corrected chi connectivity index (χ0v) is 6.26. The number of nitrogens with zero attached hydrogens (tertiary/aromatic N) is 1. The predicted octanol–water partition coefficient (Wildman–Crippen LogP) is -0.637. The van der Waals surface area contributed by atoms with Gasteiger partial charge in [-0.25, -0.2) is 0 Å². The van der Waals surface area contributed by atoms with E-state index in [1.165, 1.54) is 0 Å². The average molecular weight is 138 g/mol. The third-order valence-corrected chi connectivity index (χ3v) is 1.54. The van der Waals surface area contributed by atoms with Crippen LogP contribution in [0.4, 0.5) is 0 Å². The Hall–Kier alpha value is -0.765. The quantitative estimate of drug-likeness (QED) is 0.473. The van der Waals surface area contributed by atoms with Crippen LogP contribution in [0, 0.1) is 0 Å². The Bertz CT molecular complexity index is 202. The fraction of sp³-hybridized carbons (Fsp3) is 0.500. The van der Waals surface area contributed by atoms with Crippen molar-refractivity contribution in [2.45, 2.75) is 19.4 Å². The zero-order valence-electron chi connectivity index (χ0n) is 6.26. The van der Waals surface area contributed by atoms with Gasteiger partial charge in [-0.05, 0) is 19.3 Å². The zero-order chi connectivity index (χ0) is 7.78. The molecule has 0 aromatic rings. The minimum Gasteiger partial charge on any atom is -0.395 e. The maximum Gasteiger partial charge on any atom is 0.237 e. The van der Waals surface area contributed by atoms with Gasteiger partial charge in [0.1, 0.15) is 0 Å². The molecule has 0 fully saturated rings. The first kappa shape index (κ1) is 7.34. The molecule has 54 valence electrons. The molecule has 0 amide bonds. The number of hydrogen-bond donors (Lipinski definition) is 2. The Morgan fingerprint density at radius 1 is 1.70 bits per heavy atom. The molecule has 3 nitrogen and oxygen atoms in total. The van der Waals surface area contributed by atoms with E-state index in [0.717, 1.165) is 5.47 Å². The molecule has 3 N–H and O–H groups in total. The van der Waals surface area contributed by atoms with Crippen LogP contribution in [-0.2, 0) is 0 Å². The summed E-state index contributed by atoms with van der Waals surface area (Å²) in [6, 6.07) is 0. The Kier molecular flexibility index (Phi) is 1.56. The van der Waals surface area contributed by atoms with Crippen LogP contribution in [0.3, 0.4) is 0 Å². The summed E-state index contributed by atoms with van der Waals surface area (Å²) in [5.41, 5.74) is 6.10. The highest BCUT2D eigenvalue weighted by atomic mass is 16.3. The van der Waals surface area contributed by atoms with Gasteiger partial charge in [-0.2, -0.15) is 0 Å². The first-order valence-electron chi connectivity index (χ1n) is 3.24. The highest BCUT2D eigenvalue weighted by molar-refractivity contribution is 6.81. The van der Waals surface area contributed by atoms with E-state index in [2.05, 4.69) is 4.99 Å². The molecule has 10 heavy (non-hydrogen) atoms. The van der Waals surface area contributed by atoms with Gasteiger partial charge in [0.15, 0.2) is 0 Å². The van der Waals surface area contributed by atoms with Crippen LogP contribution in [0.1, 0.15) is 13.8 Å². The van der Waals surface area contributed by atoms with Crippen LogP contribution >= 0.6 is 0 Å². The van der Waals surface area contributed by atoms with Gasteiger partial charge in [-0.3, -0.25) is 4.99 Å². The molecule has 0 aromatic heterocycles. The van der Waals surface area contributed by atoms with E-state index in [1.54, 1.807) is 20.0 Å². The topological polar surface area (TPSA) is 58.6 Å². The highest BCUT2D eigenvalue weighted by Gasteiger charge is 2.23. The second-order valence-electron chi connectivity index (χ2n) is 3.01. The van der Waals surface area contributed by atoms with Gasteiger partial charge in [0.2, 0.25) is 7.28 Å².